The SMILES string of the molecule is CCCc1ccc(S(=O)(=O)[AsH]c2ccc(F)c(N)c2F)cc1. The third-order valence-electron chi connectivity index (χ3n) is 3.14. The Morgan fingerprint density at radius 3 is 2.32 bits per heavy atom. The number of aryl methyl sites for hydroxylation is 1. The second-order valence-electron chi connectivity index (χ2n) is 4.82. The summed E-state index contributed by atoms with van der Waals surface area (Å²) in [5.41, 5.74) is 5.69. The van der Waals surface area contributed by atoms with Crippen molar-refractivity contribution in [3.63, 3.8) is 0 Å². The van der Waals surface area contributed by atoms with E-state index >= 15 is 0 Å². The van der Waals surface area contributed by atoms with Gasteiger partial charge in [-0.05, 0) is 0 Å². The van der Waals surface area contributed by atoms with Gasteiger partial charge in [-0.3, -0.25) is 0 Å². The van der Waals surface area contributed by atoms with Crippen LogP contribution in [0.3, 0.4) is 0 Å². The molecule has 0 bridgehead atoms. The number of hydrogen-bond donors (Lipinski definition) is 1. The van der Waals surface area contributed by atoms with E-state index in [1.807, 2.05) is 6.92 Å². The first-order valence-corrected chi connectivity index (χ1v) is 11.8. The van der Waals surface area contributed by atoms with Gasteiger partial charge in [0, 0.05) is 0 Å². The van der Waals surface area contributed by atoms with Gasteiger partial charge in [-0.2, -0.15) is 0 Å². The fourth-order valence-electron chi connectivity index (χ4n) is 1.98. The number of nitrogen functional groups attached to an aromatic ring is 1. The molecule has 22 heavy (non-hydrogen) atoms. The molecule has 0 amide bonds. The van der Waals surface area contributed by atoms with Crippen LogP contribution >= 0.6 is 0 Å². The molecular weight excluding hydrogens is 371 g/mol. The van der Waals surface area contributed by atoms with Crippen molar-refractivity contribution in [1.29, 1.82) is 0 Å². The third kappa shape index (κ3) is 3.68. The minimum atomic E-state index is -3.59. The van der Waals surface area contributed by atoms with Crippen LogP contribution in [0.1, 0.15) is 18.9 Å². The van der Waals surface area contributed by atoms with E-state index in [-0.39, 0.29) is 9.25 Å². The van der Waals surface area contributed by atoms with Crippen molar-refractivity contribution in [2.75, 3.05) is 5.73 Å². The fraction of sp³-hybridized carbons (Fsp3) is 0.200. The number of rotatable bonds is 5. The Bertz CT molecular complexity index is 777. The van der Waals surface area contributed by atoms with Crippen LogP contribution in [-0.2, 0) is 14.5 Å². The quantitative estimate of drug-likeness (QED) is 0.630. The molecule has 1 unspecified atom stereocenters. The number of nitrogens with two attached hydrogens (primary N) is 1. The van der Waals surface area contributed by atoms with E-state index in [1.54, 1.807) is 12.1 Å². The molecule has 0 radical (unpaired) electrons. The molecule has 0 fully saturated rings. The summed E-state index contributed by atoms with van der Waals surface area (Å²) in [4.78, 5) is 0.162. The van der Waals surface area contributed by atoms with Gasteiger partial charge in [0.2, 0.25) is 0 Å². The standard InChI is InChI=1S/C15H16AsF2NO2S/c1-2-3-10-4-6-11(7-5-10)22(20,21)16-12-8-9-13(17)15(19)14(12)18/h4-9,16H,2-3,19H2,1H3. The molecule has 0 aliphatic heterocycles. The first kappa shape index (κ1) is 17.0. The van der Waals surface area contributed by atoms with Crippen LogP contribution in [0, 0.1) is 11.6 Å². The molecule has 0 aliphatic rings. The summed E-state index contributed by atoms with van der Waals surface area (Å²) in [5, 5.41) is 0. The zero-order chi connectivity index (χ0) is 16.3. The topological polar surface area (TPSA) is 60.2 Å². The monoisotopic (exact) mass is 387 g/mol. The molecule has 0 aliphatic carbocycles. The summed E-state index contributed by atoms with van der Waals surface area (Å²) in [5.74, 6) is -1.85. The molecule has 0 spiro atoms. The molecule has 0 heterocycles. The molecule has 0 aromatic heterocycles. The Balaban J connectivity index is 2.30. The van der Waals surface area contributed by atoms with Gasteiger partial charge in [0.15, 0.2) is 0 Å². The van der Waals surface area contributed by atoms with Crippen molar-refractivity contribution in [3.05, 3.63) is 53.6 Å². The van der Waals surface area contributed by atoms with Gasteiger partial charge >= 0.3 is 134 Å². The van der Waals surface area contributed by atoms with Crippen molar-refractivity contribution >= 4 is 32.7 Å². The summed E-state index contributed by atoms with van der Waals surface area (Å²) in [6.07, 6.45) is 1.85. The van der Waals surface area contributed by atoms with Crippen molar-refractivity contribution in [2.45, 2.75) is 24.7 Å². The second kappa shape index (κ2) is 6.80. The zero-order valence-corrected chi connectivity index (χ0v) is 14.9. The molecule has 7 heteroatoms. The van der Waals surface area contributed by atoms with Crippen LogP contribution in [0.2, 0.25) is 0 Å². The van der Waals surface area contributed by atoms with Gasteiger partial charge in [-0.15, -0.1) is 0 Å². The van der Waals surface area contributed by atoms with Crippen molar-refractivity contribution in [1.82, 2.24) is 0 Å². The van der Waals surface area contributed by atoms with Gasteiger partial charge in [-0.1, -0.05) is 0 Å². The van der Waals surface area contributed by atoms with E-state index in [2.05, 4.69) is 0 Å². The van der Waals surface area contributed by atoms with E-state index in [0.717, 1.165) is 30.5 Å². The molecule has 2 aromatic rings. The molecule has 3 nitrogen and oxygen atoms in total. The molecule has 0 saturated carbocycles. The minimum absolute atomic E-state index is 0.0171. The first-order valence-electron chi connectivity index (χ1n) is 6.70. The summed E-state index contributed by atoms with van der Waals surface area (Å²) in [7, 11) is -3.59. The molecular formula is C15H16AsF2NO2S. The summed E-state index contributed by atoms with van der Waals surface area (Å²) < 4.78 is 51.7. The van der Waals surface area contributed by atoms with E-state index in [4.69, 9.17) is 5.73 Å². The van der Waals surface area contributed by atoms with Crippen molar-refractivity contribution in [3.8, 4) is 0 Å². The van der Waals surface area contributed by atoms with Crippen LogP contribution in [0.15, 0.2) is 41.3 Å². The Hall–Kier alpha value is -1.39. The van der Waals surface area contributed by atoms with Gasteiger partial charge in [0.05, 0.1) is 0 Å². The number of anilines is 1. The van der Waals surface area contributed by atoms with Crippen LogP contribution in [0.25, 0.3) is 0 Å². The Labute approximate surface area is 134 Å². The summed E-state index contributed by atoms with van der Waals surface area (Å²) in [6.45, 7) is 2.04. The van der Waals surface area contributed by atoms with Crippen molar-refractivity contribution < 1.29 is 17.2 Å². The Kier molecular flexibility index (Phi) is 5.24. The number of hydrogen-bond acceptors (Lipinski definition) is 3. The van der Waals surface area contributed by atoms with Crippen LogP contribution in [0.5, 0.6) is 0 Å². The second-order valence-corrected chi connectivity index (χ2v) is 12.3. The predicted octanol–water partition coefficient (Wildman–Crippen LogP) is 1.95. The Morgan fingerprint density at radius 2 is 1.73 bits per heavy atom. The maximum atomic E-state index is 13.9. The van der Waals surface area contributed by atoms with E-state index in [0.29, 0.717) is 0 Å². The first-order chi connectivity index (χ1) is 10.3. The Morgan fingerprint density at radius 1 is 1.09 bits per heavy atom. The molecule has 2 rings (SSSR count). The van der Waals surface area contributed by atoms with Crippen LogP contribution < -0.4 is 10.1 Å². The van der Waals surface area contributed by atoms with Crippen LogP contribution in [0.4, 0.5) is 14.5 Å². The van der Waals surface area contributed by atoms with E-state index in [1.165, 1.54) is 12.1 Å². The normalized spacial score (nSPS) is 12.1. The number of halogens is 2. The molecule has 1 atom stereocenters. The average Bonchev–Trinajstić information content (AvgIpc) is 2.49. The van der Waals surface area contributed by atoms with E-state index < -0.39 is 40.0 Å². The maximum absolute atomic E-state index is 13.9. The van der Waals surface area contributed by atoms with Gasteiger partial charge in [0.25, 0.3) is 0 Å². The third-order valence-corrected chi connectivity index (χ3v) is 9.89. The van der Waals surface area contributed by atoms with Gasteiger partial charge in [-0.25, -0.2) is 0 Å². The summed E-state index contributed by atoms with van der Waals surface area (Å²) in [6, 6.07) is 8.75. The average molecular weight is 387 g/mol. The fourth-order valence-corrected chi connectivity index (χ4v) is 7.91. The number of benzene rings is 2. The molecule has 2 aromatic carbocycles. The molecule has 118 valence electrons. The molecule has 2 N–H and O–H groups in total. The predicted molar refractivity (Wildman–Crippen MR) is 85.2 cm³/mol. The summed E-state index contributed by atoms with van der Waals surface area (Å²) >= 11 is -1.88. The van der Waals surface area contributed by atoms with Gasteiger partial charge in [0.1, 0.15) is 0 Å². The van der Waals surface area contributed by atoms with Crippen LogP contribution in [-0.4, -0.2) is 23.0 Å². The molecule has 0 saturated heterocycles. The van der Waals surface area contributed by atoms with Crippen molar-refractivity contribution in [2.24, 2.45) is 0 Å². The zero-order valence-electron chi connectivity index (χ0n) is 11.9. The van der Waals surface area contributed by atoms with Gasteiger partial charge < -0.3 is 0 Å². The van der Waals surface area contributed by atoms with E-state index in [9.17, 15) is 17.2 Å².